The number of rotatable bonds is 9. The maximum atomic E-state index is 3.82. The maximum absolute atomic E-state index is 3.82. The lowest BCUT2D eigenvalue weighted by atomic mass is 10.1. The van der Waals surface area contributed by atoms with Crippen LogP contribution in [-0.4, -0.2) is 0 Å². The van der Waals surface area contributed by atoms with Crippen molar-refractivity contribution in [2.45, 2.75) is 11.5 Å². The number of benzene rings is 7. The Labute approximate surface area is 277 Å². The minimum absolute atomic E-state index is 0.805. The largest absolute Gasteiger partial charge is 0.117 e. The predicted octanol–water partition coefficient (Wildman–Crippen LogP) is 8.99. The van der Waals surface area contributed by atoms with Gasteiger partial charge in [0.2, 0.25) is 0 Å². The molecule has 7 aromatic rings. The third-order valence-electron chi connectivity index (χ3n) is 8.61. The highest BCUT2D eigenvalue weighted by Crippen LogP contribution is 2.60. The molecule has 0 N–H and O–H groups in total. The Balaban J connectivity index is 1.61. The van der Waals surface area contributed by atoms with E-state index in [-0.39, 0.29) is 0 Å². The van der Waals surface area contributed by atoms with E-state index in [4.69, 9.17) is 0 Å². The molecule has 0 aromatic heterocycles. The van der Waals surface area contributed by atoms with Crippen molar-refractivity contribution in [2.24, 2.45) is 0 Å². The molecule has 0 saturated carbocycles. The average Bonchev–Trinajstić information content (AvgIpc) is 3.12. The summed E-state index contributed by atoms with van der Waals surface area (Å²) >= 11 is 3.82. The van der Waals surface area contributed by atoms with Crippen molar-refractivity contribution >= 4 is 73.7 Å². The first-order valence-electron chi connectivity index (χ1n) is 15.3. The van der Waals surface area contributed by atoms with Crippen LogP contribution in [0.3, 0.4) is 0 Å². The molecule has 0 amide bonds. The molecule has 0 heterocycles. The summed E-state index contributed by atoms with van der Waals surface area (Å²) in [6.45, 7) is 0. The van der Waals surface area contributed by atoms with Gasteiger partial charge in [-0.2, -0.15) is 0 Å². The van der Waals surface area contributed by atoms with Crippen LogP contribution in [0.4, 0.5) is 0 Å². The first-order chi connectivity index (χ1) is 22.3. The van der Waals surface area contributed by atoms with Crippen molar-refractivity contribution in [1.82, 2.24) is 0 Å². The van der Waals surface area contributed by atoms with E-state index in [1.54, 1.807) is 0 Å². The molecule has 0 spiro atoms. The molecule has 45 heavy (non-hydrogen) atoms. The van der Waals surface area contributed by atoms with Gasteiger partial charge in [-0.15, -0.1) is 0 Å². The normalized spacial score (nSPS) is 11.6. The predicted molar refractivity (Wildman–Crippen MR) is 204 cm³/mol. The summed E-state index contributed by atoms with van der Waals surface area (Å²) in [6.07, 6.45) is 0.949. The van der Waals surface area contributed by atoms with Crippen LogP contribution in [0.15, 0.2) is 182 Å². The van der Waals surface area contributed by atoms with Crippen LogP contribution < -0.4 is 31.8 Å². The third kappa shape index (κ3) is 5.82. The molecular weight excluding hydrogens is 646 g/mol. The summed E-state index contributed by atoms with van der Waals surface area (Å²) in [4.78, 5) is 0. The van der Waals surface area contributed by atoms with E-state index in [1.807, 2.05) is 0 Å². The monoisotopic (exact) mass is 679 g/mol. The van der Waals surface area contributed by atoms with Crippen molar-refractivity contribution in [2.75, 3.05) is 0 Å². The molecular formula is C42H34BrP2+. The quantitative estimate of drug-likeness (QED) is 0.106. The number of halogens is 1. The molecule has 0 aliphatic rings. The highest BCUT2D eigenvalue weighted by Gasteiger charge is 2.47. The summed E-state index contributed by atoms with van der Waals surface area (Å²) < 4.78 is 0. The van der Waals surface area contributed by atoms with Crippen LogP contribution in [0.25, 0.3) is 10.8 Å². The van der Waals surface area contributed by atoms with Gasteiger partial charge in [-0.1, -0.05) is 168 Å². The van der Waals surface area contributed by atoms with Gasteiger partial charge in [0.05, 0.1) is 6.16 Å². The van der Waals surface area contributed by atoms with E-state index < -0.39 is 15.2 Å². The Morgan fingerprint density at radius 3 is 1.44 bits per heavy atom. The summed E-state index contributed by atoms with van der Waals surface area (Å²) in [5.74, 6) is 0. The average molecular weight is 681 g/mol. The number of hydrogen-bond acceptors (Lipinski definition) is 0. The second kappa shape index (κ2) is 13.6. The lowest BCUT2D eigenvalue weighted by Gasteiger charge is -2.31. The minimum atomic E-state index is -2.22. The van der Waals surface area contributed by atoms with Gasteiger partial charge in [0.1, 0.15) is 23.2 Å². The number of alkyl halides is 1. The molecule has 3 heteroatoms. The zero-order valence-corrected chi connectivity index (χ0v) is 28.4. The third-order valence-corrected chi connectivity index (χ3v) is 16.1. The molecule has 0 unspecified atom stereocenters. The van der Waals surface area contributed by atoms with E-state index in [0.29, 0.717) is 0 Å². The van der Waals surface area contributed by atoms with Gasteiger partial charge >= 0.3 is 0 Å². The van der Waals surface area contributed by atoms with Crippen molar-refractivity contribution in [3.63, 3.8) is 0 Å². The van der Waals surface area contributed by atoms with E-state index in [1.165, 1.54) is 53.7 Å². The molecule has 0 radical (unpaired) electrons. The van der Waals surface area contributed by atoms with Crippen LogP contribution in [0.2, 0.25) is 0 Å². The summed E-state index contributed by atoms with van der Waals surface area (Å²) in [5, 5.41) is 12.0. The van der Waals surface area contributed by atoms with Crippen molar-refractivity contribution < 1.29 is 0 Å². The molecule has 218 valence electrons. The zero-order chi connectivity index (χ0) is 30.5. The molecule has 0 fully saturated rings. The van der Waals surface area contributed by atoms with Gasteiger partial charge in [0, 0.05) is 10.7 Å². The lowest BCUT2D eigenvalue weighted by Crippen LogP contribution is -2.35. The fraction of sp³-hybridized carbons (Fsp3) is 0.0476. The van der Waals surface area contributed by atoms with Crippen LogP contribution in [0, 0.1) is 0 Å². The molecule has 0 bridgehead atoms. The second-order valence-electron chi connectivity index (χ2n) is 11.2. The van der Waals surface area contributed by atoms with Crippen molar-refractivity contribution in [1.29, 1.82) is 0 Å². The van der Waals surface area contributed by atoms with Crippen LogP contribution in [0.1, 0.15) is 11.1 Å². The highest BCUT2D eigenvalue weighted by atomic mass is 79.9. The summed E-state index contributed by atoms with van der Waals surface area (Å²) in [7, 11) is -3.03. The molecule has 7 aromatic carbocycles. The van der Waals surface area contributed by atoms with Gasteiger partial charge in [-0.25, -0.2) is 0 Å². The SMILES string of the molecule is BrCc1ccccc1C[P+](c1ccccc1)(c1ccccc1)c1cccc2cccc(P(c3ccccc3)c3ccccc3)c12. The van der Waals surface area contributed by atoms with Gasteiger partial charge in [0.15, 0.2) is 0 Å². The standard InChI is InChI=1S/C42H34BrP2/c43-31-34-17-13-14-18-35(34)32-45(38-25-9-3-10-26-38,39-27-11-4-12-28-39)41-30-16-20-33-19-15-29-40(42(33)41)44(36-21-5-1-6-22-36)37-23-7-2-8-24-37/h1-30H,31-32H2/q+1. The first kappa shape index (κ1) is 29.8. The van der Waals surface area contributed by atoms with Crippen LogP contribution in [0.5, 0.6) is 0 Å². The molecule has 0 aliphatic carbocycles. The topological polar surface area (TPSA) is 0 Å². The fourth-order valence-corrected chi connectivity index (χ4v) is 14.2. The van der Waals surface area contributed by atoms with E-state index in [2.05, 4.69) is 198 Å². The van der Waals surface area contributed by atoms with E-state index >= 15 is 0 Å². The Morgan fingerprint density at radius 1 is 0.444 bits per heavy atom. The lowest BCUT2D eigenvalue weighted by molar-refractivity contribution is 1.28. The van der Waals surface area contributed by atoms with Crippen LogP contribution >= 0.6 is 31.1 Å². The molecule has 0 aliphatic heterocycles. The molecule has 0 atom stereocenters. The van der Waals surface area contributed by atoms with Crippen molar-refractivity contribution in [3.8, 4) is 0 Å². The van der Waals surface area contributed by atoms with Crippen molar-refractivity contribution in [3.05, 3.63) is 193 Å². The Morgan fingerprint density at radius 2 is 0.911 bits per heavy atom. The smallest absolute Gasteiger partial charge is 0.0876 e. The maximum Gasteiger partial charge on any atom is 0.117 e. The highest BCUT2D eigenvalue weighted by molar-refractivity contribution is 9.08. The Kier molecular flexibility index (Phi) is 9.04. The van der Waals surface area contributed by atoms with Gasteiger partial charge in [-0.3, -0.25) is 0 Å². The second-order valence-corrected chi connectivity index (χ2v) is 17.4. The molecule has 7 rings (SSSR count). The molecule has 0 saturated heterocycles. The minimum Gasteiger partial charge on any atom is -0.0876 e. The number of fused-ring (bicyclic) bond motifs is 1. The van der Waals surface area contributed by atoms with E-state index in [9.17, 15) is 0 Å². The summed E-state index contributed by atoms with van der Waals surface area (Å²) in [6, 6.07) is 67.8. The fourth-order valence-electron chi connectivity index (χ4n) is 6.55. The first-order valence-corrected chi connectivity index (χ1v) is 19.8. The Hall–Kier alpha value is -3.86. The van der Waals surface area contributed by atoms with E-state index in [0.717, 1.165) is 11.5 Å². The zero-order valence-electron chi connectivity index (χ0n) is 25.0. The molecule has 0 nitrogen and oxygen atoms in total. The van der Waals surface area contributed by atoms with Crippen LogP contribution in [-0.2, 0) is 11.5 Å². The van der Waals surface area contributed by atoms with Gasteiger partial charge < -0.3 is 0 Å². The number of hydrogen-bond donors (Lipinski definition) is 0. The van der Waals surface area contributed by atoms with Gasteiger partial charge in [-0.05, 0) is 70.7 Å². The Bertz CT molecular complexity index is 1930. The van der Waals surface area contributed by atoms with Gasteiger partial charge in [0.25, 0.3) is 0 Å². The summed E-state index contributed by atoms with van der Waals surface area (Å²) in [5.41, 5.74) is 2.75.